The molecule has 0 amide bonds. The third-order valence-electron chi connectivity index (χ3n) is 2.27. The number of thioether (sulfide) groups is 1. The Balaban J connectivity index is 2.13. The van der Waals surface area contributed by atoms with Crippen molar-refractivity contribution in [2.24, 2.45) is 0 Å². The fraction of sp³-hybridized carbons (Fsp3) is 0.231. The van der Waals surface area contributed by atoms with Gasteiger partial charge in [0.2, 0.25) is 0 Å². The molecule has 1 heterocycles. The van der Waals surface area contributed by atoms with E-state index in [1.54, 1.807) is 24.4 Å². The van der Waals surface area contributed by atoms with Gasteiger partial charge in [-0.2, -0.15) is 0 Å². The Morgan fingerprint density at radius 3 is 3.05 bits per heavy atom. The van der Waals surface area contributed by atoms with E-state index in [9.17, 15) is 0 Å². The fourth-order valence-corrected chi connectivity index (χ4v) is 2.88. The number of hydrogen-bond acceptors (Lipinski definition) is 6. The Morgan fingerprint density at radius 1 is 1.47 bits per heavy atom. The first-order chi connectivity index (χ1) is 9.33. The zero-order valence-electron chi connectivity index (χ0n) is 10.3. The number of aromatic nitrogens is 2. The number of ether oxygens (including phenoxy) is 1. The molecule has 4 nitrogen and oxygen atoms in total. The molecule has 0 saturated heterocycles. The van der Waals surface area contributed by atoms with Crippen molar-refractivity contribution in [1.82, 2.24) is 10.2 Å². The quantitative estimate of drug-likeness (QED) is 0.691. The molecule has 2 aromatic rings. The summed E-state index contributed by atoms with van der Waals surface area (Å²) >= 11 is 3.16. The van der Waals surface area contributed by atoms with Gasteiger partial charge < -0.3 is 9.84 Å². The molecule has 0 aliphatic carbocycles. The molecule has 0 radical (unpaired) electrons. The molecule has 0 aliphatic rings. The van der Waals surface area contributed by atoms with Crippen LogP contribution in [0.4, 0.5) is 0 Å². The van der Waals surface area contributed by atoms with Crippen molar-refractivity contribution < 1.29 is 9.84 Å². The van der Waals surface area contributed by atoms with Crippen LogP contribution in [-0.2, 0) is 5.75 Å². The summed E-state index contributed by atoms with van der Waals surface area (Å²) in [5.74, 6) is 7.03. The van der Waals surface area contributed by atoms with Crippen molar-refractivity contribution in [3.05, 3.63) is 34.8 Å². The van der Waals surface area contributed by atoms with E-state index < -0.39 is 0 Å². The molecule has 0 bridgehead atoms. The minimum absolute atomic E-state index is 0.160. The van der Waals surface area contributed by atoms with E-state index in [-0.39, 0.29) is 6.61 Å². The SMILES string of the molecule is COc1ccc(CSc2nncs2)cc1C#CCO. The van der Waals surface area contributed by atoms with E-state index in [1.807, 2.05) is 18.2 Å². The van der Waals surface area contributed by atoms with Gasteiger partial charge in [-0.05, 0) is 17.7 Å². The number of rotatable bonds is 4. The topological polar surface area (TPSA) is 55.2 Å². The van der Waals surface area contributed by atoms with Crippen LogP contribution in [0.3, 0.4) is 0 Å². The van der Waals surface area contributed by atoms with Crippen molar-refractivity contribution in [3.63, 3.8) is 0 Å². The number of methoxy groups -OCH3 is 1. The van der Waals surface area contributed by atoms with Crippen LogP contribution in [0.15, 0.2) is 28.0 Å². The van der Waals surface area contributed by atoms with Crippen LogP contribution in [0, 0.1) is 11.8 Å². The first-order valence-electron chi connectivity index (χ1n) is 5.49. The van der Waals surface area contributed by atoms with Crippen LogP contribution in [0.2, 0.25) is 0 Å². The highest BCUT2D eigenvalue weighted by Crippen LogP contribution is 2.26. The molecular weight excluding hydrogens is 280 g/mol. The molecule has 1 N–H and O–H groups in total. The second kappa shape index (κ2) is 7.14. The molecule has 0 aliphatic heterocycles. The van der Waals surface area contributed by atoms with Gasteiger partial charge in [0.15, 0.2) is 4.34 Å². The lowest BCUT2D eigenvalue weighted by Crippen LogP contribution is -1.90. The lowest BCUT2D eigenvalue weighted by Gasteiger charge is -2.05. The highest BCUT2D eigenvalue weighted by atomic mass is 32.2. The maximum absolute atomic E-state index is 8.76. The van der Waals surface area contributed by atoms with Crippen LogP contribution in [0.5, 0.6) is 5.75 Å². The third kappa shape index (κ3) is 3.96. The smallest absolute Gasteiger partial charge is 0.174 e. The van der Waals surface area contributed by atoms with E-state index in [0.29, 0.717) is 5.75 Å². The summed E-state index contributed by atoms with van der Waals surface area (Å²) in [6.07, 6.45) is 0. The van der Waals surface area contributed by atoms with Gasteiger partial charge in [-0.25, -0.2) is 0 Å². The van der Waals surface area contributed by atoms with Gasteiger partial charge in [-0.3, -0.25) is 0 Å². The largest absolute Gasteiger partial charge is 0.495 e. The summed E-state index contributed by atoms with van der Waals surface area (Å²) in [6, 6.07) is 5.85. The summed E-state index contributed by atoms with van der Waals surface area (Å²) < 4.78 is 6.18. The molecule has 1 aromatic carbocycles. The normalized spacial score (nSPS) is 9.79. The van der Waals surface area contributed by atoms with Crippen molar-refractivity contribution in [2.75, 3.05) is 13.7 Å². The maximum atomic E-state index is 8.76. The van der Waals surface area contributed by atoms with Gasteiger partial charge >= 0.3 is 0 Å². The van der Waals surface area contributed by atoms with Crippen LogP contribution in [0.1, 0.15) is 11.1 Å². The summed E-state index contributed by atoms with van der Waals surface area (Å²) in [7, 11) is 1.61. The first kappa shape index (κ1) is 13.9. The minimum atomic E-state index is -0.160. The molecule has 98 valence electrons. The van der Waals surface area contributed by atoms with E-state index >= 15 is 0 Å². The average molecular weight is 292 g/mol. The van der Waals surface area contributed by atoms with Gasteiger partial charge in [-0.15, -0.1) is 10.2 Å². The first-order valence-corrected chi connectivity index (χ1v) is 7.35. The monoisotopic (exact) mass is 292 g/mol. The van der Waals surface area contributed by atoms with E-state index in [0.717, 1.165) is 21.2 Å². The Kier molecular flexibility index (Phi) is 5.21. The van der Waals surface area contributed by atoms with Crippen molar-refractivity contribution in [2.45, 2.75) is 10.1 Å². The zero-order valence-corrected chi connectivity index (χ0v) is 11.9. The Morgan fingerprint density at radius 2 is 2.37 bits per heavy atom. The van der Waals surface area contributed by atoms with Crippen molar-refractivity contribution >= 4 is 23.1 Å². The fourth-order valence-electron chi connectivity index (χ4n) is 1.45. The van der Waals surface area contributed by atoms with Crippen LogP contribution in [-0.4, -0.2) is 29.0 Å². The van der Waals surface area contributed by atoms with Gasteiger partial charge in [0.05, 0.1) is 12.7 Å². The van der Waals surface area contributed by atoms with E-state index in [1.165, 1.54) is 11.3 Å². The highest BCUT2D eigenvalue weighted by molar-refractivity contribution is 8.00. The standard InChI is InChI=1S/C13H12N2O2S2/c1-17-12-5-4-10(7-11(12)3-2-6-16)8-18-13-15-14-9-19-13/h4-5,7,9,16H,6,8H2,1H3. The number of benzene rings is 1. The molecule has 0 saturated carbocycles. The second-order valence-corrected chi connectivity index (χ2v) is 5.54. The van der Waals surface area contributed by atoms with Gasteiger partial charge in [0.1, 0.15) is 17.9 Å². The zero-order chi connectivity index (χ0) is 13.5. The van der Waals surface area contributed by atoms with E-state index in [2.05, 4.69) is 22.0 Å². The minimum Gasteiger partial charge on any atom is -0.495 e. The Labute approximate surface area is 119 Å². The van der Waals surface area contributed by atoms with Crippen molar-refractivity contribution in [3.8, 4) is 17.6 Å². The van der Waals surface area contributed by atoms with Gasteiger partial charge in [-0.1, -0.05) is 41.0 Å². The number of aliphatic hydroxyl groups is 1. The predicted octanol–water partition coefficient (Wildman–Crippen LogP) is 2.18. The van der Waals surface area contributed by atoms with Gasteiger partial charge in [0, 0.05) is 5.75 Å². The molecule has 1 aromatic heterocycles. The molecule has 0 unspecified atom stereocenters. The molecule has 19 heavy (non-hydrogen) atoms. The summed E-state index contributed by atoms with van der Waals surface area (Å²) in [4.78, 5) is 0. The Bertz CT molecular complexity index is 588. The summed E-state index contributed by atoms with van der Waals surface area (Å²) in [5.41, 5.74) is 3.63. The molecule has 6 heteroatoms. The highest BCUT2D eigenvalue weighted by Gasteiger charge is 2.04. The molecular formula is C13H12N2O2S2. The molecule has 0 fully saturated rings. The Hall–Kier alpha value is -1.55. The summed E-state index contributed by atoms with van der Waals surface area (Å²) in [5, 5.41) is 16.5. The number of aliphatic hydroxyl groups excluding tert-OH is 1. The average Bonchev–Trinajstić information content (AvgIpc) is 2.96. The number of nitrogens with zero attached hydrogens (tertiary/aromatic N) is 2. The van der Waals surface area contributed by atoms with Gasteiger partial charge in [0.25, 0.3) is 0 Å². The van der Waals surface area contributed by atoms with Crippen molar-refractivity contribution in [1.29, 1.82) is 0 Å². The molecule has 2 rings (SSSR count). The molecule has 0 atom stereocenters. The summed E-state index contributed by atoms with van der Waals surface area (Å²) in [6.45, 7) is -0.160. The van der Waals surface area contributed by atoms with Crippen LogP contribution >= 0.6 is 23.1 Å². The lowest BCUT2D eigenvalue weighted by molar-refractivity contribution is 0.350. The number of hydrogen-bond donors (Lipinski definition) is 1. The van der Waals surface area contributed by atoms with Crippen LogP contribution < -0.4 is 4.74 Å². The lowest BCUT2D eigenvalue weighted by atomic mass is 10.1. The van der Waals surface area contributed by atoms with Crippen LogP contribution in [0.25, 0.3) is 0 Å². The maximum Gasteiger partial charge on any atom is 0.174 e. The van der Waals surface area contributed by atoms with E-state index in [4.69, 9.17) is 9.84 Å². The second-order valence-electron chi connectivity index (χ2n) is 3.49. The third-order valence-corrected chi connectivity index (χ3v) is 4.20. The predicted molar refractivity (Wildman–Crippen MR) is 76.4 cm³/mol. The molecule has 0 spiro atoms.